The summed E-state index contributed by atoms with van der Waals surface area (Å²) in [5.41, 5.74) is 9.49. The number of rotatable bonds is 10. The number of nitrogens with two attached hydrogens (primary N) is 1. The standard InChI is InChI=1S/C27H32FN5O3S/c1-19-13-22(4-5-23(19)28)31-27(35)33(8-2-7-32-9-11-36-12-10-32)16-20-3-6-25(30-15-20)26(34)14-21-17-37-18-24(21)29/h3-6,13,15,17-18H,2,7-12,14,16,29H2,1H3,(H,31,35). The van der Waals surface area contributed by atoms with Crippen molar-refractivity contribution in [3.8, 4) is 0 Å². The Balaban J connectivity index is 1.41. The van der Waals surface area contributed by atoms with Crippen LogP contribution in [0.3, 0.4) is 0 Å². The summed E-state index contributed by atoms with van der Waals surface area (Å²) in [4.78, 5) is 34.2. The van der Waals surface area contributed by atoms with E-state index in [1.54, 1.807) is 36.2 Å². The molecule has 4 rings (SSSR count). The highest BCUT2D eigenvalue weighted by atomic mass is 32.1. The number of pyridine rings is 1. The van der Waals surface area contributed by atoms with Gasteiger partial charge in [-0.15, -0.1) is 11.3 Å². The van der Waals surface area contributed by atoms with Crippen LogP contribution in [0.1, 0.15) is 33.6 Å². The maximum atomic E-state index is 13.7. The third kappa shape index (κ3) is 7.58. The van der Waals surface area contributed by atoms with Crippen LogP contribution in [0.25, 0.3) is 0 Å². The van der Waals surface area contributed by atoms with Crippen molar-refractivity contribution in [2.24, 2.45) is 0 Å². The molecule has 0 aliphatic carbocycles. The number of morpholine rings is 1. The third-order valence-electron chi connectivity index (χ3n) is 6.31. The van der Waals surface area contributed by atoms with Crippen molar-refractivity contribution in [1.29, 1.82) is 0 Å². The number of aryl methyl sites for hydroxylation is 1. The summed E-state index contributed by atoms with van der Waals surface area (Å²) in [6.07, 6.45) is 2.63. The van der Waals surface area contributed by atoms with Gasteiger partial charge in [-0.1, -0.05) is 6.07 Å². The number of carbonyl (C=O) groups excluding carboxylic acids is 2. The lowest BCUT2D eigenvalue weighted by Gasteiger charge is -2.28. The highest BCUT2D eigenvalue weighted by Crippen LogP contribution is 2.19. The van der Waals surface area contributed by atoms with Gasteiger partial charge < -0.3 is 20.7 Å². The van der Waals surface area contributed by atoms with Gasteiger partial charge in [0.1, 0.15) is 11.5 Å². The van der Waals surface area contributed by atoms with Crippen molar-refractivity contribution in [2.45, 2.75) is 26.3 Å². The number of nitrogens with zero attached hydrogens (tertiary/aromatic N) is 3. The second-order valence-corrected chi connectivity index (χ2v) is 9.87. The van der Waals surface area contributed by atoms with E-state index in [0.717, 1.165) is 50.4 Å². The summed E-state index contributed by atoms with van der Waals surface area (Å²) in [6, 6.07) is 7.74. The molecule has 3 aromatic rings. The van der Waals surface area contributed by atoms with Crippen molar-refractivity contribution in [3.05, 3.63) is 75.5 Å². The first-order chi connectivity index (χ1) is 17.9. The smallest absolute Gasteiger partial charge is 0.322 e. The first kappa shape index (κ1) is 26.7. The quantitative estimate of drug-likeness (QED) is 0.382. The van der Waals surface area contributed by atoms with Gasteiger partial charge >= 0.3 is 6.03 Å². The Morgan fingerprint density at radius 2 is 2.03 bits per heavy atom. The van der Waals surface area contributed by atoms with E-state index in [-0.39, 0.29) is 24.1 Å². The minimum atomic E-state index is -0.317. The number of nitrogen functional groups attached to an aromatic ring is 1. The second-order valence-electron chi connectivity index (χ2n) is 9.13. The Morgan fingerprint density at radius 1 is 1.22 bits per heavy atom. The molecule has 1 fully saturated rings. The number of halogens is 1. The Labute approximate surface area is 220 Å². The molecule has 0 spiro atoms. The van der Waals surface area contributed by atoms with Gasteiger partial charge in [0.15, 0.2) is 5.78 Å². The molecule has 196 valence electrons. The van der Waals surface area contributed by atoms with Gasteiger partial charge in [-0.3, -0.25) is 14.7 Å². The molecule has 2 amide bonds. The van der Waals surface area contributed by atoms with Gasteiger partial charge in [0, 0.05) is 62.1 Å². The largest absolute Gasteiger partial charge is 0.398 e. The normalized spacial score (nSPS) is 13.9. The number of urea groups is 1. The van der Waals surface area contributed by atoms with Crippen molar-refractivity contribution < 1.29 is 18.7 Å². The van der Waals surface area contributed by atoms with E-state index in [2.05, 4.69) is 15.2 Å². The van der Waals surface area contributed by atoms with Crippen LogP contribution in [0.5, 0.6) is 0 Å². The molecule has 10 heteroatoms. The predicted molar refractivity (Wildman–Crippen MR) is 143 cm³/mol. The number of thiophene rings is 1. The Bertz CT molecular complexity index is 1210. The lowest BCUT2D eigenvalue weighted by atomic mass is 10.1. The SMILES string of the molecule is Cc1cc(NC(=O)N(CCCN2CCOCC2)Cc2ccc(C(=O)Cc3cscc3N)nc2)ccc1F. The Hall–Kier alpha value is -3.34. The summed E-state index contributed by atoms with van der Waals surface area (Å²) in [5.74, 6) is -0.425. The average Bonchev–Trinajstić information content (AvgIpc) is 3.30. The van der Waals surface area contributed by atoms with Gasteiger partial charge in [0.05, 0.1) is 13.2 Å². The number of hydrogen-bond acceptors (Lipinski definition) is 7. The lowest BCUT2D eigenvalue weighted by molar-refractivity contribution is 0.0365. The summed E-state index contributed by atoms with van der Waals surface area (Å²) in [5, 5.41) is 6.56. The zero-order valence-electron chi connectivity index (χ0n) is 20.9. The average molecular weight is 526 g/mol. The zero-order chi connectivity index (χ0) is 26.2. The summed E-state index contributed by atoms with van der Waals surface area (Å²) in [6.45, 7) is 6.60. The van der Waals surface area contributed by atoms with Gasteiger partial charge in [-0.2, -0.15) is 0 Å². The van der Waals surface area contributed by atoms with E-state index >= 15 is 0 Å². The van der Waals surface area contributed by atoms with Crippen LogP contribution in [-0.4, -0.2) is 66.0 Å². The third-order valence-corrected chi connectivity index (χ3v) is 7.12. The molecule has 37 heavy (non-hydrogen) atoms. The molecular weight excluding hydrogens is 493 g/mol. The van der Waals surface area contributed by atoms with E-state index in [1.165, 1.54) is 17.4 Å². The fourth-order valence-corrected chi connectivity index (χ4v) is 4.88. The maximum absolute atomic E-state index is 13.7. The summed E-state index contributed by atoms with van der Waals surface area (Å²) >= 11 is 1.46. The minimum absolute atomic E-state index is 0.108. The van der Waals surface area contributed by atoms with Crippen molar-refractivity contribution in [3.63, 3.8) is 0 Å². The number of benzene rings is 1. The van der Waals surface area contributed by atoms with Gasteiger partial charge in [-0.25, -0.2) is 9.18 Å². The van der Waals surface area contributed by atoms with E-state index in [0.29, 0.717) is 35.7 Å². The fraction of sp³-hybridized carbons (Fsp3) is 0.370. The molecule has 3 N–H and O–H groups in total. The molecular formula is C27H32FN5O3S. The number of amides is 2. The van der Waals surface area contributed by atoms with Crippen LogP contribution in [-0.2, 0) is 17.7 Å². The van der Waals surface area contributed by atoms with Crippen molar-refractivity contribution in [1.82, 2.24) is 14.8 Å². The van der Waals surface area contributed by atoms with Crippen LogP contribution < -0.4 is 11.1 Å². The number of Topliss-reactive ketones (excluding diaryl/α,β-unsaturated/α-hetero) is 1. The molecule has 1 aliphatic rings. The van der Waals surface area contributed by atoms with Gasteiger partial charge in [-0.05, 0) is 59.7 Å². The predicted octanol–water partition coefficient (Wildman–Crippen LogP) is 4.35. The number of anilines is 2. The van der Waals surface area contributed by atoms with Gasteiger partial charge in [0.2, 0.25) is 0 Å². The number of hydrogen-bond donors (Lipinski definition) is 2. The number of ether oxygens (including phenoxy) is 1. The molecule has 0 atom stereocenters. The zero-order valence-corrected chi connectivity index (χ0v) is 21.7. The summed E-state index contributed by atoms with van der Waals surface area (Å²) < 4.78 is 19.1. The van der Waals surface area contributed by atoms with E-state index in [1.807, 2.05) is 16.8 Å². The van der Waals surface area contributed by atoms with Crippen LogP contribution in [0.4, 0.5) is 20.6 Å². The minimum Gasteiger partial charge on any atom is -0.398 e. The van der Waals surface area contributed by atoms with E-state index in [9.17, 15) is 14.0 Å². The molecule has 8 nitrogen and oxygen atoms in total. The Kier molecular flexibility index (Phi) is 9.21. The van der Waals surface area contributed by atoms with Crippen LogP contribution in [0, 0.1) is 12.7 Å². The van der Waals surface area contributed by atoms with Crippen LogP contribution >= 0.6 is 11.3 Å². The fourth-order valence-electron chi connectivity index (χ4n) is 4.13. The van der Waals surface area contributed by atoms with Gasteiger partial charge in [0.25, 0.3) is 0 Å². The van der Waals surface area contributed by atoms with E-state index < -0.39 is 0 Å². The molecule has 1 saturated heterocycles. The number of ketones is 1. The molecule has 1 aliphatic heterocycles. The monoisotopic (exact) mass is 525 g/mol. The lowest BCUT2D eigenvalue weighted by Crippen LogP contribution is -2.40. The molecule has 0 unspecified atom stereocenters. The molecule has 1 aromatic carbocycles. The molecule has 2 aromatic heterocycles. The highest BCUT2D eigenvalue weighted by Gasteiger charge is 2.18. The first-order valence-corrected chi connectivity index (χ1v) is 13.2. The molecule has 0 saturated carbocycles. The number of aromatic nitrogens is 1. The highest BCUT2D eigenvalue weighted by molar-refractivity contribution is 7.08. The molecule has 0 bridgehead atoms. The number of carbonyl (C=O) groups is 2. The topological polar surface area (TPSA) is 101 Å². The van der Waals surface area contributed by atoms with Crippen LogP contribution in [0.2, 0.25) is 0 Å². The molecule has 3 heterocycles. The van der Waals surface area contributed by atoms with Crippen LogP contribution in [0.15, 0.2) is 47.3 Å². The molecule has 0 radical (unpaired) electrons. The second kappa shape index (κ2) is 12.8. The maximum Gasteiger partial charge on any atom is 0.322 e. The van der Waals surface area contributed by atoms with Crippen molar-refractivity contribution in [2.75, 3.05) is 50.4 Å². The number of nitrogens with one attached hydrogen (secondary N) is 1. The van der Waals surface area contributed by atoms with E-state index in [4.69, 9.17) is 10.5 Å². The Morgan fingerprint density at radius 3 is 2.70 bits per heavy atom. The van der Waals surface area contributed by atoms with Crippen molar-refractivity contribution >= 4 is 34.5 Å². The summed E-state index contributed by atoms with van der Waals surface area (Å²) in [7, 11) is 0. The first-order valence-electron chi connectivity index (χ1n) is 12.3.